The van der Waals surface area contributed by atoms with Gasteiger partial charge in [0.1, 0.15) is 4.90 Å². The number of aromatic nitrogens is 1. The van der Waals surface area contributed by atoms with Gasteiger partial charge >= 0.3 is 6.18 Å². The lowest BCUT2D eigenvalue weighted by atomic mass is 9.96. The summed E-state index contributed by atoms with van der Waals surface area (Å²) >= 11 is 0. The highest BCUT2D eigenvalue weighted by Crippen LogP contribution is 2.29. The van der Waals surface area contributed by atoms with Gasteiger partial charge < -0.3 is 4.90 Å². The molecule has 34 heavy (non-hydrogen) atoms. The highest BCUT2D eigenvalue weighted by Gasteiger charge is 2.35. The monoisotopic (exact) mass is 496 g/mol. The van der Waals surface area contributed by atoms with Crippen molar-refractivity contribution in [3.05, 3.63) is 59.9 Å². The van der Waals surface area contributed by atoms with E-state index in [1.807, 2.05) is 4.90 Å². The van der Waals surface area contributed by atoms with Crippen LogP contribution in [0.5, 0.6) is 0 Å². The molecule has 184 valence electrons. The van der Waals surface area contributed by atoms with Crippen molar-refractivity contribution in [2.24, 2.45) is 5.92 Å². The number of rotatable bonds is 5. The van der Waals surface area contributed by atoms with Crippen LogP contribution >= 0.6 is 0 Å². The average Bonchev–Trinajstić information content (AvgIpc) is 2.84. The number of alkyl halides is 3. The second-order valence-electron chi connectivity index (χ2n) is 8.66. The summed E-state index contributed by atoms with van der Waals surface area (Å²) in [5, 5.41) is 0. The highest BCUT2D eigenvalue weighted by atomic mass is 32.2. The molecule has 0 atom stereocenters. The number of amides is 1. The van der Waals surface area contributed by atoms with E-state index in [1.54, 1.807) is 6.07 Å². The van der Waals surface area contributed by atoms with Gasteiger partial charge in [0, 0.05) is 64.1 Å². The number of hydrogen-bond acceptors (Lipinski definition) is 5. The van der Waals surface area contributed by atoms with Crippen LogP contribution in [0.25, 0.3) is 0 Å². The van der Waals surface area contributed by atoms with E-state index in [2.05, 4.69) is 9.88 Å². The number of nitrogens with zero attached hydrogens (tertiary/aromatic N) is 4. The number of carbonyl (C=O) groups is 1. The summed E-state index contributed by atoms with van der Waals surface area (Å²) in [6.07, 6.45) is -0.540. The fourth-order valence-electron chi connectivity index (χ4n) is 4.43. The summed E-state index contributed by atoms with van der Waals surface area (Å²) < 4.78 is 65.1. The molecule has 2 aliphatic heterocycles. The van der Waals surface area contributed by atoms with Crippen molar-refractivity contribution in [1.29, 1.82) is 0 Å². The van der Waals surface area contributed by atoms with Gasteiger partial charge in [0.15, 0.2) is 0 Å². The lowest BCUT2D eigenvalue weighted by molar-refractivity contribution is -0.138. The minimum Gasteiger partial charge on any atom is -0.340 e. The molecule has 2 fully saturated rings. The Morgan fingerprint density at radius 1 is 0.971 bits per heavy atom. The molecule has 7 nitrogen and oxygen atoms in total. The second kappa shape index (κ2) is 10.0. The Labute approximate surface area is 197 Å². The van der Waals surface area contributed by atoms with Crippen LogP contribution in [-0.4, -0.2) is 72.7 Å². The molecule has 0 N–H and O–H groups in total. The molecule has 4 rings (SSSR count). The van der Waals surface area contributed by atoms with Crippen LogP contribution in [0, 0.1) is 5.92 Å². The van der Waals surface area contributed by atoms with Gasteiger partial charge in [0.2, 0.25) is 15.9 Å². The molecule has 3 heterocycles. The molecule has 0 unspecified atom stereocenters. The fraction of sp³-hybridized carbons (Fsp3) is 0.478. The SMILES string of the molecule is O=C(C1CCN(S(=O)(=O)c2cccnc2)CC1)N1CCN(Cc2ccc(C(F)(F)F)cc2)CC1. The van der Waals surface area contributed by atoms with Crippen molar-refractivity contribution >= 4 is 15.9 Å². The number of halogens is 3. The maximum absolute atomic E-state index is 13.0. The lowest BCUT2D eigenvalue weighted by Gasteiger charge is -2.38. The van der Waals surface area contributed by atoms with Gasteiger partial charge in [-0.15, -0.1) is 0 Å². The zero-order chi connectivity index (χ0) is 24.3. The van der Waals surface area contributed by atoms with Crippen molar-refractivity contribution in [2.75, 3.05) is 39.3 Å². The molecule has 0 spiro atoms. The van der Waals surface area contributed by atoms with Gasteiger partial charge in [-0.05, 0) is 42.7 Å². The zero-order valence-corrected chi connectivity index (χ0v) is 19.4. The number of piperidine rings is 1. The van der Waals surface area contributed by atoms with E-state index in [4.69, 9.17) is 0 Å². The maximum Gasteiger partial charge on any atom is 0.416 e. The minimum absolute atomic E-state index is 0.0487. The number of pyridine rings is 1. The summed E-state index contributed by atoms with van der Waals surface area (Å²) in [6.45, 7) is 3.50. The van der Waals surface area contributed by atoms with E-state index in [0.717, 1.165) is 17.7 Å². The van der Waals surface area contributed by atoms with Crippen molar-refractivity contribution in [3.63, 3.8) is 0 Å². The highest BCUT2D eigenvalue weighted by molar-refractivity contribution is 7.89. The first kappa shape index (κ1) is 24.6. The summed E-state index contributed by atoms with van der Waals surface area (Å²) in [4.78, 5) is 21.0. The first-order valence-corrected chi connectivity index (χ1v) is 12.7. The third-order valence-corrected chi connectivity index (χ3v) is 8.33. The summed E-state index contributed by atoms with van der Waals surface area (Å²) in [6, 6.07) is 8.28. The summed E-state index contributed by atoms with van der Waals surface area (Å²) in [5.74, 6) is -0.158. The first-order valence-electron chi connectivity index (χ1n) is 11.2. The normalized spacial score (nSPS) is 19.3. The third-order valence-electron chi connectivity index (χ3n) is 6.45. The molecule has 11 heteroatoms. The van der Waals surface area contributed by atoms with E-state index in [1.165, 1.54) is 34.9 Å². The number of carbonyl (C=O) groups excluding carboxylic acids is 1. The summed E-state index contributed by atoms with van der Waals surface area (Å²) in [5.41, 5.74) is 0.140. The molecule has 0 bridgehead atoms. The molecular weight excluding hydrogens is 469 g/mol. The average molecular weight is 497 g/mol. The van der Waals surface area contributed by atoms with Crippen LogP contribution in [0.15, 0.2) is 53.7 Å². The number of hydrogen-bond donors (Lipinski definition) is 0. The van der Waals surface area contributed by atoms with Crippen LogP contribution in [0.1, 0.15) is 24.0 Å². The number of piperazine rings is 1. The van der Waals surface area contributed by atoms with Crippen LogP contribution in [0.2, 0.25) is 0 Å². The second-order valence-corrected chi connectivity index (χ2v) is 10.6. The third kappa shape index (κ3) is 5.59. The minimum atomic E-state index is -4.34. The van der Waals surface area contributed by atoms with Crippen LogP contribution in [0.4, 0.5) is 13.2 Å². The smallest absolute Gasteiger partial charge is 0.340 e. The largest absolute Gasteiger partial charge is 0.416 e. The van der Waals surface area contributed by atoms with Gasteiger partial charge in [0.25, 0.3) is 0 Å². The van der Waals surface area contributed by atoms with Gasteiger partial charge in [-0.3, -0.25) is 14.7 Å². The Bertz CT molecular complexity index is 1080. The summed E-state index contributed by atoms with van der Waals surface area (Å²) in [7, 11) is -3.61. The van der Waals surface area contributed by atoms with E-state index < -0.39 is 21.8 Å². The molecule has 2 saturated heterocycles. The van der Waals surface area contributed by atoms with E-state index in [9.17, 15) is 26.4 Å². The topological polar surface area (TPSA) is 73.8 Å². The van der Waals surface area contributed by atoms with Crippen LogP contribution in [0.3, 0.4) is 0 Å². The zero-order valence-electron chi connectivity index (χ0n) is 18.6. The van der Waals surface area contributed by atoms with Crippen LogP contribution < -0.4 is 0 Å². The number of benzene rings is 1. The maximum atomic E-state index is 13.0. The first-order chi connectivity index (χ1) is 16.1. The van der Waals surface area contributed by atoms with E-state index >= 15 is 0 Å². The molecule has 1 aromatic carbocycles. The lowest BCUT2D eigenvalue weighted by Crippen LogP contribution is -2.51. The Hall–Kier alpha value is -2.50. The number of sulfonamides is 1. The van der Waals surface area contributed by atoms with Crippen LogP contribution in [-0.2, 0) is 27.5 Å². The standard InChI is InChI=1S/C23H27F3N4O3S/c24-23(25,26)20-5-3-18(4-6-20)17-28-12-14-29(15-13-28)22(31)19-7-10-30(11-8-19)34(32,33)21-2-1-9-27-16-21/h1-6,9,16,19H,7-8,10-15,17H2. The molecule has 0 radical (unpaired) electrons. The fourth-order valence-corrected chi connectivity index (χ4v) is 5.87. The molecular formula is C23H27F3N4O3S. The van der Waals surface area contributed by atoms with E-state index in [-0.39, 0.29) is 16.7 Å². The molecule has 1 amide bonds. The predicted octanol–water partition coefficient (Wildman–Crippen LogP) is 2.85. The van der Waals surface area contributed by atoms with Gasteiger partial charge in [-0.2, -0.15) is 17.5 Å². The van der Waals surface area contributed by atoms with Crippen molar-refractivity contribution < 1.29 is 26.4 Å². The molecule has 0 saturated carbocycles. The predicted molar refractivity (Wildman–Crippen MR) is 119 cm³/mol. The molecule has 0 aliphatic carbocycles. The Balaban J connectivity index is 1.25. The molecule has 2 aromatic rings. The molecule has 2 aliphatic rings. The van der Waals surface area contributed by atoms with Crippen molar-refractivity contribution in [2.45, 2.75) is 30.5 Å². The Kier molecular flexibility index (Phi) is 7.25. The molecule has 1 aromatic heterocycles. The van der Waals surface area contributed by atoms with Crippen molar-refractivity contribution in [1.82, 2.24) is 19.1 Å². The Morgan fingerprint density at radius 3 is 2.18 bits per heavy atom. The quantitative estimate of drug-likeness (QED) is 0.637. The van der Waals surface area contributed by atoms with Gasteiger partial charge in [0.05, 0.1) is 5.56 Å². The van der Waals surface area contributed by atoms with E-state index in [0.29, 0.717) is 58.7 Å². The van der Waals surface area contributed by atoms with Gasteiger partial charge in [-0.25, -0.2) is 8.42 Å². The Morgan fingerprint density at radius 2 is 1.62 bits per heavy atom. The van der Waals surface area contributed by atoms with Gasteiger partial charge in [-0.1, -0.05) is 12.1 Å². The van der Waals surface area contributed by atoms with Crippen molar-refractivity contribution in [3.8, 4) is 0 Å².